The molecule has 0 aliphatic carbocycles. The molecule has 0 bridgehead atoms. The van der Waals surface area contributed by atoms with E-state index < -0.39 is 29.5 Å². The van der Waals surface area contributed by atoms with Crippen LogP contribution in [0.2, 0.25) is 0 Å². The summed E-state index contributed by atoms with van der Waals surface area (Å²) in [5, 5.41) is 18.1. The van der Waals surface area contributed by atoms with Crippen molar-refractivity contribution in [3.05, 3.63) is 47.0 Å². The fourth-order valence-electron chi connectivity index (χ4n) is 1.89. The number of carboxylic acid groups (broad SMARTS) is 2. The smallest absolute Gasteiger partial charge is 0.339 e. The fraction of sp³-hybridized carbons (Fsp3) is 0.333. The summed E-state index contributed by atoms with van der Waals surface area (Å²) in [6.45, 7) is 8.05. The Morgan fingerprint density at radius 2 is 1.69 bits per heavy atom. The van der Waals surface area contributed by atoms with Gasteiger partial charge in [0.1, 0.15) is 5.60 Å². The fourth-order valence-corrected chi connectivity index (χ4v) is 1.89. The number of carbonyl (C=O) groups is 4. The van der Waals surface area contributed by atoms with Gasteiger partial charge >= 0.3 is 23.9 Å². The monoisotopic (exact) mass is 364 g/mol. The molecule has 1 rings (SSSR count). The number of carboxylic acids is 2. The zero-order valence-electron chi connectivity index (χ0n) is 14.7. The molecule has 0 radical (unpaired) electrons. The molecule has 0 saturated heterocycles. The van der Waals surface area contributed by atoms with Gasteiger partial charge in [0.25, 0.3) is 0 Å². The first-order chi connectivity index (χ1) is 11.9. The summed E-state index contributed by atoms with van der Waals surface area (Å²) in [5.41, 5.74) is -1.68. The SMILES string of the molecule is C=C(C)C(=O)OC(C)(C)CCOC(=O)c1cc(C(=O)O)ccc1C(=O)O. The van der Waals surface area contributed by atoms with Crippen molar-refractivity contribution in [3.63, 3.8) is 0 Å². The van der Waals surface area contributed by atoms with Crippen molar-refractivity contribution in [2.45, 2.75) is 32.8 Å². The molecule has 0 unspecified atom stereocenters. The van der Waals surface area contributed by atoms with Gasteiger partial charge in [-0.2, -0.15) is 0 Å². The number of aromatic carboxylic acids is 2. The molecule has 26 heavy (non-hydrogen) atoms. The Labute approximate surface area is 150 Å². The van der Waals surface area contributed by atoms with Crippen LogP contribution in [0.3, 0.4) is 0 Å². The van der Waals surface area contributed by atoms with E-state index in [1.807, 2.05) is 0 Å². The number of hydrogen-bond acceptors (Lipinski definition) is 6. The van der Waals surface area contributed by atoms with Crippen LogP contribution >= 0.6 is 0 Å². The van der Waals surface area contributed by atoms with E-state index in [1.54, 1.807) is 13.8 Å². The van der Waals surface area contributed by atoms with Crippen molar-refractivity contribution in [1.82, 2.24) is 0 Å². The molecule has 0 aliphatic rings. The van der Waals surface area contributed by atoms with Gasteiger partial charge in [0.05, 0.1) is 23.3 Å². The Bertz CT molecular complexity index is 760. The first-order valence-electron chi connectivity index (χ1n) is 7.61. The molecule has 0 fully saturated rings. The molecule has 0 spiro atoms. The number of ether oxygens (including phenoxy) is 2. The molecule has 0 aliphatic heterocycles. The van der Waals surface area contributed by atoms with Crippen LogP contribution in [0.1, 0.15) is 58.3 Å². The second kappa shape index (κ2) is 8.28. The van der Waals surface area contributed by atoms with Crippen LogP contribution in [0.5, 0.6) is 0 Å². The van der Waals surface area contributed by atoms with Gasteiger partial charge < -0.3 is 19.7 Å². The third-order valence-corrected chi connectivity index (χ3v) is 3.37. The maximum atomic E-state index is 12.2. The van der Waals surface area contributed by atoms with Crippen molar-refractivity contribution in [1.29, 1.82) is 0 Å². The van der Waals surface area contributed by atoms with Crippen molar-refractivity contribution >= 4 is 23.9 Å². The quantitative estimate of drug-likeness (QED) is 0.532. The van der Waals surface area contributed by atoms with Crippen LogP contribution in [0.25, 0.3) is 0 Å². The highest BCUT2D eigenvalue weighted by Gasteiger charge is 2.25. The molecule has 8 heteroatoms. The van der Waals surface area contributed by atoms with Gasteiger partial charge in [-0.25, -0.2) is 19.2 Å². The maximum Gasteiger partial charge on any atom is 0.339 e. The lowest BCUT2D eigenvalue weighted by Gasteiger charge is -2.25. The van der Waals surface area contributed by atoms with Crippen LogP contribution < -0.4 is 0 Å². The van der Waals surface area contributed by atoms with E-state index in [-0.39, 0.29) is 35.3 Å². The summed E-state index contributed by atoms with van der Waals surface area (Å²) in [4.78, 5) is 45.9. The zero-order chi connectivity index (χ0) is 20.1. The summed E-state index contributed by atoms with van der Waals surface area (Å²) in [5.74, 6) is -4.25. The summed E-state index contributed by atoms with van der Waals surface area (Å²) < 4.78 is 10.2. The van der Waals surface area contributed by atoms with Crippen LogP contribution in [-0.2, 0) is 14.3 Å². The lowest BCUT2D eigenvalue weighted by Crippen LogP contribution is -2.30. The summed E-state index contributed by atoms with van der Waals surface area (Å²) >= 11 is 0. The van der Waals surface area contributed by atoms with Crippen molar-refractivity contribution < 1.29 is 38.9 Å². The molecular weight excluding hydrogens is 344 g/mol. The highest BCUT2D eigenvalue weighted by Crippen LogP contribution is 2.18. The maximum absolute atomic E-state index is 12.2. The van der Waals surface area contributed by atoms with E-state index in [1.165, 1.54) is 6.92 Å². The van der Waals surface area contributed by atoms with Gasteiger partial charge in [-0.15, -0.1) is 0 Å². The summed E-state index contributed by atoms with van der Waals surface area (Å²) in [6, 6.07) is 3.06. The summed E-state index contributed by atoms with van der Waals surface area (Å²) in [7, 11) is 0. The predicted molar refractivity (Wildman–Crippen MR) is 90.2 cm³/mol. The Morgan fingerprint density at radius 1 is 1.08 bits per heavy atom. The molecule has 0 amide bonds. The lowest BCUT2D eigenvalue weighted by atomic mass is 10.0. The first-order valence-corrected chi connectivity index (χ1v) is 7.61. The normalized spacial score (nSPS) is 10.7. The van der Waals surface area contributed by atoms with Gasteiger partial charge in [-0.05, 0) is 39.0 Å². The minimum atomic E-state index is -1.38. The number of carbonyl (C=O) groups excluding carboxylic acids is 2. The average Bonchev–Trinajstić information content (AvgIpc) is 2.53. The van der Waals surface area contributed by atoms with Gasteiger partial charge in [0.15, 0.2) is 0 Å². The molecule has 0 atom stereocenters. The second-order valence-corrected chi connectivity index (χ2v) is 6.19. The number of benzene rings is 1. The summed E-state index contributed by atoms with van der Waals surface area (Å²) in [6.07, 6.45) is 0.152. The van der Waals surface area contributed by atoms with E-state index in [9.17, 15) is 19.2 Å². The highest BCUT2D eigenvalue weighted by molar-refractivity contribution is 6.04. The Morgan fingerprint density at radius 3 is 2.19 bits per heavy atom. The lowest BCUT2D eigenvalue weighted by molar-refractivity contribution is -0.152. The van der Waals surface area contributed by atoms with E-state index in [4.69, 9.17) is 19.7 Å². The number of rotatable bonds is 8. The van der Waals surface area contributed by atoms with Gasteiger partial charge in [-0.3, -0.25) is 0 Å². The predicted octanol–water partition coefficient (Wildman–Crippen LogP) is 2.53. The minimum absolute atomic E-state index is 0.152. The van der Waals surface area contributed by atoms with Gasteiger partial charge in [-0.1, -0.05) is 6.58 Å². The molecular formula is C18H20O8. The van der Waals surface area contributed by atoms with Crippen molar-refractivity contribution in [3.8, 4) is 0 Å². The molecule has 0 heterocycles. The van der Waals surface area contributed by atoms with Crippen LogP contribution in [0, 0.1) is 0 Å². The van der Waals surface area contributed by atoms with Crippen LogP contribution in [-0.4, -0.2) is 46.3 Å². The number of esters is 2. The molecule has 0 saturated carbocycles. The molecule has 1 aromatic rings. The topological polar surface area (TPSA) is 127 Å². The Kier molecular flexibility index (Phi) is 6.65. The van der Waals surface area contributed by atoms with Gasteiger partial charge in [0, 0.05) is 12.0 Å². The minimum Gasteiger partial charge on any atom is -0.478 e. The third kappa shape index (κ3) is 5.73. The Hall–Kier alpha value is -3.16. The molecule has 140 valence electrons. The van der Waals surface area contributed by atoms with Gasteiger partial charge in [0.2, 0.25) is 0 Å². The molecule has 0 aromatic heterocycles. The van der Waals surface area contributed by atoms with Crippen molar-refractivity contribution in [2.24, 2.45) is 0 Å². The van der Waals surface area contributed by atoms with E-state index in [2.05, 4.69) is 6.58 Å². The van der Waals surface area contributed by atoms with E-state index >= 15 is 0 Å². The van der Waals surface area contributed by atoms with E-state index in [0.29, 0.717) is 0 Å². The van der Waals surface area contributed by atoms with Crippen LogP contribution in [0.4, 0.5) is 0 Å². The largest absolute Gasteiger partial charge is 0.478 e. The molecule has 2 N–H and O–H groups in total. The second-order valence-electron chi connectivity index (χ2n) is 6.19. The zero-order valence-corrected chi connectivity index (χ0v) is 14.7. The highest BCUT2D eigenvalue weighted by atomic mass is 16.6. The molecule has 1 aromatic carbocycles. The molecule has 8 nitrogen and oxygen atoms in total. The third-order valence-electron chi connectivity index (χ3n) is 3.37. The average molecular weight is 364 g/mol. The van der Waals surface area contributed by atoms with Crippen molar-refractivity contribution in [2.75, 3.05) is 6.61 Å². The first kappa shape index (κ1) is 20.9. The van der Waals surface area contributed by atoms with E-state index in [0.717, 1.165) is 18.2 Å². The van der Waals surface area contributed by atoms with Crippen LogP contribution in [0.15, 0.2) is 30.4 Å². The number of hydrogen-bond donors (Lipinski definition) is 2. The standard InChI is InChI=1S/C18H20O8/c1-10(2)16(23)26-18(3,4)7-8-25-17(24)13-9-11(14(19)20)5-6-12(13)15(21)22/h5-6,9H,1,7-8H2,2-4H3,(H,19,20)(H,21,22). The Balaban J connectivity index is 2.83.